The molecule has 0 aliphatic heterocycles. The third-order valence-electron chi connectivity index (χ3n) is 3.52. The Hall–Kier alpha value is -2.16. The molecular weight excluding hydrogens is 286 g/mol. The number of anilines is 1. The van der Waals surface area contributed by atoms with Crippen LogP contribution in [0.2, 0.25) is 0 Å². The summed E-state index contributed by atoms with van der Waals surface area (Å²) < 4.78 is 11.8. The zero-order chi connectivity index (χ0) is 16.7. The van der Waals surface area contributed by atoms with Gasteiger partial charge in [0.25, 0.3) is 0 Å². The first-order valence-corrected chi connectivity index (χ1v) is 8.30. The second kappa shape index (κ2) is 8.47. The summed E-state index contributed by atoms with van der Waals surface area (Å²) in [7, 11) is 0. The van der Waals surface area contributed by atoms with Gasteiger partial charge in [-0.05, 0) is 51.5 Å². The Morgan fingerprint density at radius 1 is 0.957 bits per heavy atom. The molecule has 0 aromatic heterocycles. The number of benzene rings is 2. The molecule has 3 nitrogen and oxygen atoms in total. The Kier molecular flexibility index (Phi) is 6.33. The molecule has 0 aliphatic carbocycles. The SMILES string of the molecule is CCC(CNc1cccc(OC(C)C)c1)Oc1ccc(C)cc1. The van der Waals surface area contributed by atoms with Crippen LogP contribution in [0, 0.1) is 6.92 Å². The van der Waals surface area contributed by atoms with Crippen LogP contribution < -0.4 is 14.8 Å². The maximum atomic E-state index is 6.04. The maximum absolute atomic E-state index is 6.04. The van der Waals surface area contributed by atoms with Gasteiger partial charge >= 0.3 is 0 Å². The summed E-state index contributed by atoms with van der Waals surface area (Å²) in [6.45, 7) is 9.04. The molecule has 0 radical (unpaired) electrons. The maximum Gasteiger partial charge on any atom is 0.121 e. The Bertz CT molecular complexity index is 593. The van der Waals surface area contributed by atoms with Crippen LogP contribution in [0.3, 0.4) is 0 Å². The zero-order valence-electron chi connectivity index (χ0n) is 14.5. The third kappa shape index (κ3) is 5.85. The molecule has 23 heavy (non-hydrogen) atoms. The molecule has 1 unspecified atom stereocenters. The van der Waals surface area contributed by atoms with Gasteiger partial charge in [-0.25, -0.2) is 0 Å². The van der Waals surface area contributed by atoms with Gasteiger partial charge in [-0.1, -0.05) is 30.7 Å². The van der Waals surface area contributed by atoms with Gasteiger partial charge in [0.15, 0.2) is 0 Å². The van der Waals surface area contributed by atoms with E-state index in [1.165, 1.54) is 5.56 Å². The van der Waals surface area contributed by atoms with Crippen LogP contribution in [0.5, 0.6) is 11.5 Å². The molecule has 0 saturated heterocycles. The second-order valence-corrected chi connectivity index (χ2v) is 6.04. The van der Waals surface area contributed by atoms with E-state index in [1.54, 1.807) is 0 Å². The number of nitrogens with one attached hydrogen (secondary N) is 1. The van der Waals surface area contributed by atoms with E-state index < -0.39 is 0 Å². The average molecular weight is 313 g/mol. The topological polar surface area (TPSA) is 30.5 Å². The van der Waals surface area contributed by atoms with Gasteiger partial charge in [0, 0.05) is 11.8 Å². The zero-order valence-corrected chi connectivity index (χ0v) is 14.5. The van der Waals surface area contributed by atoms with E-state index in [2.05, 4.69) is 31.3 Å². The lowest BCUT2D eigenvalue weighted by molar-refractivity contribution is 0.210. The predicted molar refractivity (Wildman–Crippen MR) is 96.6 cm³/mol. The summed E-state index contributed by atoms with van der Waals surface area (Å²) in [6, 6.07) is 16.2. The van der Waals surface area contributed by atoms with E-state index in [0.717, 1.165) is 30.2 Å². The van der Waals surface area contributed by atoms with Crippen molar-refractivity contribution >= 4 is 5.69 Å². The molecule has 0 amide bonds. The van der Waals surface area contributed by atoms with Gasteiger partial charge in [-0.2, -0.15) is 0 Å². The molecule has 0 fully saturated rings. The number of hydrogen-bond donors (Lipinski definition) is 1. The third-order valence-corrected chi connectivity index (χ3v) is 3.52. The van der Waals surface area contributed by atoms with Gasteiger partial charge < -0.3 is 14.8 Å². The molecule has 0 bridgehead atoms. The summed E-state index contributed by atoms with van der Waals surface area (Å²) in [5.74, 6) is 1.80. The number of aryl methyl sites for hydroxylation is 1. The Morgan fingerprint density at radius 3 is 2.35 bits per heavy atom. The Morgan fingerprint density at radius 2 is 1.70 bits per heavy atom. The van der Waals surface area contributed by atoms with Crippen LogP contribution in [0.4, 0.5) is 5.69 Å². The molecule has 1 atom stereocenters. The van der Waals surface area contributed by atoms with Crippen LogP contribution in [-0.4, -0.2) is 18.8 Å². The standard InChI is InChI=1S/C20H27NO2/c1-5-18(23-19-11-9-16(4)10-12-19)14-21-17-7-6-8-20(13-17)22-15(2)3/h6-13,15,18,21H,5,14H2,1-4H3. The van der Waals surface area contributed by atoms with E-state index in [1.807, 2.05) is 50.2 Å². The van der Waals surface area contributed by atoms with Crippen LogP contribution in [0.1, 0.15) is 32.8 Å². The molecule has 0 heterocycles. The van der Waals surface area contributed by atoms with Crippen LogP contribution in [-0.2, 0) is 0 Å². The minimum atomic E-state index is 0.132. The van der Waals surface area contributed by atoms with Crippen molar-refractivity contribution < 1.29 is 9.47 Å². The molecule has 2 aromatic carbocycles. The highest BCUT2D eigenvalue weighted by atomic mass is 16.5. The molecule has 0 aliphatic rings. The van der Waals surface area contributed by atoms with Crippen molar-refractivity contribution in [1.29, 1.82) is 0 Å². The van der Waals surface area contributed by atoms with E-state index >= 15 is 0 Å². The van der Waals surface area contributed by atoms with Crippen molar-refractivity contribution in [2.24, 2.45) is 0 Å². The minimum absolute atomic E-state index is 0.132. The van der Waals surface area contributed by atoms with Crippen molar-refractivity contribution in [1.82, 2.24) is 0 Å². The van der Waals surface area contributed by atoms with Crippen LogP contribution in [0.15, 0.2) is 48.5 Å². The molecule has 2 aromatic rings. The highest BCUT2D eigenvalue weighted by Crippen LogP contribution is 2.19. The quantitative estimate of drug-likeness (QED) is 0.739. The largest absolute Gasteiger partial charge is 0.491 e. The lowest BCUT2D eigenvalue weighted by Crippen LogP contribution is -2.25. The van der Waals surface area contributed by atoms with Crippen LogP contribution in [0.25, 0.3) is 0 Å². The summed E-state index contributed by atoms with van der Waals surface area (Å²) in [6.07, 6.45) is 1.26. The summed E-state index contributed by atoms with van der Waals surface area (Å²) in [5.41, 5.74) is 2.29. The van der Waals surface area contributed by atoms with Crippen molar-refractivity contribution in [2.75, 3.05) is 11.9 Å². The normalized spacial score (nSPS) is 12.0. The minimum Gasteiger partial charge on any atom is -0.491 e. The van der Waals surface area contributed by atoms with Crippen molar-refractivity contribution in [2.45, 2.75) is 46.3 Å². The molecule has 1 N–H and O–H groups in total. The first-order valence-electron chi connectivity index (χ1n) is 8.30. The van der Waals surface area contributed by atoms with Crippen molar-refractivity contribution in [3.8, 4) is 11.5 Å². The van der Waals surface area contributed by atoms with Gasteiger partial charge in [-0.15, -0.1) is 0 Å². The van der Waals surface area contributed by atoms with E-state index in [9.17, 15) is 0 Å². The first-order chi connectivity index (χ1) is 11.1. The molecule has 3 heteroatoms. The Labute approximate surface area is 139 Å². The van der Waals surface area contributed by atoms with Gasteiger partial charge in [0.2, 0.25) is 0 Å². The second-order valence-electron chi connectivity index (χ2n) is 6.04. The predicted octanol–water partition coefficient (Wildman–Crippen LogP) is 5.05. The molecule has 0 spiro atoms. The average Bonchev–Trinajstić information content (AvgIpc) is 2.53. The van der Waals surface area contributed by atoms with Crippen molar-refractivity contribution in [3.05, 3.63) is 54.1 Å². The summed E-state index contributed by atoms with van der Waals surface area (Å²) in [5, 5.41) is 3.44. The fourth-order valence-electron chi connectivity index (χ4n) is 2.26. The van der Waals surface area contributed by atoms with Crippen LogP contribution >= 0.6 is 0 Å². The monoisotopic (exact) mass is 313 g/mol. The van der Waals surface area contributed by atoms with Gasteiger partial charge in [-0.3, -0.25) is 0 Å². The fourth-order valence-corrected chi connectivity index (χ4v) is 2.26. The highest BCUT2D eigenvalue weighted by molar-refractivity contribution is 5.48. The Balaban J connectivity index is 1.91. The van der Waals surface area contributed by atoms with E-state index in [4.69, 9.17) is 9.47 Å². The smallest absolute Gasteiger partial charge is 0.121 e. The number of rotatable bonds is 8. The molecular formula is C20H27NO2. The van der Waals surface area contributed by atoms with E-state index in [-0.39, 0.29) is 12.2 Å². The highest BCUT2D eigenvalue weighted by Gasteiger charge is 2.08. The lowest BCUT2D eigenvalue weighted by Gasteiger charge is -2.19. The number of ether oxygens (including phenoxy) is 2. The lowest BCUT2D eigenvalue weighted by atomic mass is 10.2. The summed E-state index contributed by atoms with van der Waals surface area (Å²) in [4.78, 5) is 0. The van der Waals surface area contributed by atoms with Crippen molar-refractivity contribution in [3.63, 3.8) is 0 Å². The molecule has 124 valence electrons. The fraction of sp³-hybridized carbons (Fsp3) is 0.400. The number of hydrogen-bond acceptors (Lipinski definition) is 3. The summed E-state index contributed by atoms with van der Waals surface area (Å²) >= 11 is 0. The molecule has 2 rings (SSSR count). The van der Waals surface area contributed by atoms with E-state index in [0.29, 0.717) is 0 Å². The molecule has 0 saturated carbocycles. The van der Waals surface area contributed by atoms with Gasteiger partial charge in [0.05, 0.1) is 12.6 Å². The van der Waals surface area contributed by atoms with Gasteiger partial charge in [0.1, 0.15) is 17.6 Å². The first kappa shape index (κ1) is 17.2.